The van der Waals surface area contributed by atoms with E-state index in [0.717, 1.165) is 5.56 Å². The number of rotatable bonds is 2. The van der Waals surface area contributed by atoms with Crippen LogP contribution in [-0.2, 0) is 0 Å². The van der Waals surface area contributed by atoms with Crippen LogP contribution in [0.5, 0.6) is 0 Å². The second-order valence-electron chi connectivity index (χ2n) is 4.27. The first-order valence-corrected chi connectivity index (χ1v) is 6.86. The molecule has 3 rings (SSSR count). The number of furan rings is 1. The lowest BCUT2D eigenvalue weighted by atomic mass is 10.1. The smallest absolute Gasteiger partial charge is 0.153 e. The molecule has 0 amide bonds. The van der Waals surface area contributed by atoms with Crippen molar-refractivity contribution >= 4 is 23.2 Å². The van der Waals surface area contributed by atoms with Crippen LogP contribution in [0, 0.1) is 11.3 Å². The lowest BCUT2D eigenvalue weighted by Gasteiger charge is -2.10. The highest BCUT2D eigenvalue weighted by molar-refractivity contribution is 6.44. The molecule has 0 radical (unpaired) electrons. The Bertz CT molecular complexity index is 822. The molecule has 0 N–H and O–H groups in total. The van der Waals surface area contributed by atoms with Crippen LogP contribution in [0.2, 0.25) is 10.0 Å². The van der Waals surface area contributed by atoms with E-state index >= 15 is 0 Å². The quantitative estimate of drug-likeness (QED) is 0.654. The topological polar surface area (TPSA) is 49.8 Å². The van der Waals surface area contributed by atoms with Crippen molar-refractivity contribution in [1.82, 2.24) is 4.98 Å². The fourth-order valence-corrected chi connectivity index (χ4v) is 2.48. The Morgan fingerprint density at radius 3 is 2.33 bits per heavy atom. The zero-order valence-corrected chi connectivity index (χ0v) is 12.2. The van der Waals surface area contributed by atoms with E-state index < -0.39 is 0 Å². The molecule has 2 aromatic heterocycles. The molecule has 102 valence electrons. The van der Waals surface area contributed by atoms with Gasteiger partial charge in [-0.1, -0.05) is 53.5 Å². The molecule has 0 fully saturated rings. The summed E-state index contributed by atoms with van der Waals surface area (Å²) in [6.45, 7) is 0. The Morgan fingerprint density at radius 2 is 1.71 bits per heavy atom. The van der Waals surface area contributed by atoms with Gasteiger partial charge in [-0.05, 0) is 12.1 Å². The van der Waals surface area contributed by atoms with Crippen molar-refractivity contribution in [3.05, 3.63) is 64.3 Å². The minimum absolute atomic E-state index is 0.180. The van der Waals surface area contributed by atoms with Crippen LogP contribution in [0.1, 0.15) is 5.56 Å². The number of hydrogen-bond acceptors (Lipinski definition) is 3. The van der Waals surface area contributed by atoms with Gasteiger partial charge >= 0.3 is 0 Å². The largest absolute Gasteiger partial charge is 0.463 e. The first-order chi connectivity index (χ1) is 10.2. The minimum Gasteiger partial charge on any atom is -0.463 e. The summed E-state index contributed by atoms with van der Waals surface area (Å²) in [6.07, 6.45) is 1.52. The van der Waals surface area contributed by atoms with Gasteiger partial charge in [-0.3, -0.25) is 0 Å². The molecule has 0 aliphatic carbocycles. The Morgan fingerprint density at radius 1 is 0.952 bits per heavy atom. The van der Waals surface area contributed by atoms with E-state index in [1.165, 1.54) is 6.26 Å². The molecule has 3 nitrogen and oxygen atoms in total. The number of nitriles is 1. The number of halogens is 2. The standard InChI is InChI=1S/C16H8Cl2N2O/c17-13-11(9-19)16(12-7-4-8-21-12)20-15(14(13)18)10-5-2-1-3-6-10/h1-8H. The number of benzene rings is 1. The Balaban J connectivity index is 2.31. The lowest BCUT2D eigenvalue weighted by Crippen LogP contribution is -1.95. The average Bonchev–Trinajstić information content (AvgIpc) is 3.05. The molecule has 0 aliphatic rings. The Hall–Kier alpha value is -2.28. The highest BCUT2D eigenvalue weighted by Gasteiger charge is 2.20. The van der Waals surface area contributed by atoms with Crippen LogP contribution in [-0.4, -0.2) is 4.98 Å². The second kappa shape index (κ2) is 5.61. The first-order valence-electron chi connectivity index (χ1n) is 6.10. The van der Waals surface area contributed by atoms with Crippen LogP contribution < -0.4 is 0 Å². The van der Waals surface area contributed by atoms with Crippen LogP contribution >= 0.6 is 23.2 Å². The molecule has 0 unspecified atom stereocenters. The predicted molar refractivity (Wildman–Crippen MR) is 82.1 cm³/mol. The zero-order chi connectivity index (χ0) is 14.8. The number of hydrogen-bond donors (Lipinski definition) is 0. The van der Waals surface area contributed by atoms with Crippen molar-refractivity contribution in [2.75, 3.05) is 0 Å². The lowest BCUT2D eigenvalue weighted by molar-refractivity contribution is 0.580. The van der Waals surface area contributed by atoms with Crippen molar-refractivity contribution in [1.29, 1.82) is 5.26 Å². The summed E-state index contributed by atoms with van der Waals surface area (Å²) in [6, 6.07) is 14.9. The second-order valence-corrected chi connectivity index (χ2v) is 5.02. The van der Waals surface area contributed by atoms with E-state index in [-0.39, 0.29) is 15.6 Å². The number of nitrogens with zero attached hydrogens (tertiary/aromatic N) is 2. The van der Waals surface area contributed by atoms with Gasteiger partial charge in [0, 0.05) is 5.56 Å². The van der Waals surface area contributed by atoms with E-state index in [0.29, 0.717) is 17.1 Å². The summed E-state index contributed by atoms with van der Waals surface area (Å²) in [4.78, 5) is 4.48. The fourth-order valence-electron chi connectivity index (χ4n) is 2.02. The van der Waals surface area contributed by atoms with Gasteiger partial charge in [-0.25, -0.2) is 4.98 Å². The molecule has 5 heteroatoms. The van der Waals surface area contributed by atoms with Gasteiger partial charge in [-0.15, -0.1) is 0 Å². The van der Waals surface area contributed by atoms with Crippen molar-refractivity contribution in [2.24, 2.45) is 0 Å². The molecule has 2 heterocycles. The molecule has 0 saturated carbocycles. The monoisotopic (exact) mass is 314 g/mol. The van der Waals surface area contributed by atoms with Gasteiger partial charge in [0.05, 0.1) is 22.0 Å². The maximum Gasteiger partial charge on any atom is 0.153 e. The average molecular weight is 315 g/mol. The van der Waals surface area contributed by atoms with E-state index in [2.05, 4.69) is 4.98 Å². The normalized spacial score (nSPS) is 10.3. The molecule has 3 aromatic rings. The van der Waals surface area contributed by atoms with E-state index in [9.17, 15) is 5.26 Å². The van der Waals surface area contributed by atoms with Crippen LogP contribution in [0.15, 0.2) is 53.1 Å². The van der Waals surface area contributed by atoms with Gasteiger partial charge < -0.3 is 4.42 Å². The summed E-state index contributed by atoms with van der Waals surface area (Å²) in [5, 5.41) is 9.75. The van der Waals surface area contributed by atoms with E-state index in [4.69, 9.17) is 27.6 Å². The van der Waals surface area contributed by atoms with E-state index in [1.54, 1.807) is 12.1 Å². The van der Waals surface area contributed by atoms with Gasteiger partial charge in [0.2, 0.25) is 0 Å². The van der Waals surface area contributed by atoms with Crippen LogP contribution in [0.25, 0.3) is 22.7 Å². The summed E-state index contributed by atoms with van der Waals surface area (Å²) in [5.41, 5.74) is 1.93. The summed E-state index contributed by atoms with van der Waals surface area (Å²) in [5.74, 6) is 0.474. The summed E-state index contributed by atoms with van der Waals surface area (Å²) >= 11 is 12.5. The molecule has 0 aliphatic heterocycles. The van der Waals surface area contributed by atoms with Crippen molar-refractivity contribution < 1.29 is 4.42 Å². The fraction of sp³-hybridized carbons (Fsp3) is 0. The summed E-state index contributed by atoms with van der Waals surface area (Å²) in [7, 11) is 0. The molecule has 0 saturated heterocycles. The molecule has 1 aromatic carbocycles. The molecule has 0 bridgehead atoms. The van der Waals surface area contributed by atoms with E-state index in [1.807, 2.05) is 36.4 Å². The molecular weight excluding hydrogens is 307 g/mol. The Kier molecular flexibility index (Phi) is 3.66. The third kappa shape index (κ3) is 2.40. The van der Waals surface area contributed by atoms with Gasteiger partial charge in [0.15, 0.2) is 5.76 Å². The molecule has 0 atom stereocenters. The molecule has 0 spiro atoms. The van der Waals surface area contributed by atoms with Crippen LogP contribution in [0.4, 0.5) is 0 Å². The summed E-state index contributed by atoms with van der Waals surface area (Å²) < 4.78 is 5.33. The minimum atomic E-state index is 0.180. The zero-order valence-electron chi connectivity index (χ0n) is 10.7. The predicted octanol–water partition coefficient (Wildman–Crippen LogP) is 5.19. The highest BCUT2D eigenvalue weighted by atomic mass is 35.5. The molecule has 21 heavy (non-hydrogen) atoms. The third-order valence-corrected chi connectivity index (χ3v) is 3.84. The Labute approximate surface area is 131 Å². The third-order valence-electron chi connectivity index (χ3n) is 2.99. The van der Waals surface area contributed by atoms with Crippen LogP contribution in [0.3, 0.4) is 0 Å². The first kappa shape index (κ1) is 13.7. The number of aromatic nitrogens is 1. The highest BCUT2D eigenvalue weighted by Crippen LogP contribution is 2.38. The number of pyridine rings is 1. The SMILES string of the molecule is N#Cc1c(-c2ccco2)nc(-c2ccccc2)c(Cl)c1Cl. The van der Waals surface area contributed by atoms with Gasteiger partial charge in [-0.2, -0.15) is 5.26 Å². The van der Waals surface area contributed by atoms with Gasteiger partial charge in [0.1, 0.15) is 17.3 Å². The maximum atomic E-state index is 9.31. The maximum absolute atomic E-state index is 9.31. The van der Waals surface area contributed by atoms with Crippen molar-refractivity contribution in [3.8, 4) is 28.8 Å². The molecular formula is C16H8Cl2N2O. The van der Waals surface area contributed by atoms with Crippen molar-refractivity contribution in [3.63, 3.8) is 0 Å². The van der Waals surface area contributed by atoms with Crippen molar-refractivity contribution in [2.45, 2.75) is 0 Å². The van der Waals surface area contributed by atoms with Gasteiger partial charge in [0.25, 0.3) is 0 Å².